The highest BCUT2D eigenvalue weighted by molar-refractivity contribution is 5.98. The fraction of sp³-hybridized carbons (Fsp3) is 0.571. The van der Waals surface area contributed by atoms with E-state index in [1.165, 1.54) is 0 Å². The molecule has 1 rings (SSSR count). The van der Waals surface area contributed by atoms with Gasteiger partial charge in [0, 0.05) is 12.3 Å². The number of ether oxygens (including phenoxy) is 2. The second-order valence-corrected chi connectivity index (χ2v) is 4.99. The number of aromatic nitrogens is 1. The second-order valence-electron chi connectivity index (χ2n) is 4.99. The van der Waals surface area contributed by atoms with Crippen LogP contribution in [0.4, 0.5) is 0 Å². The topological polar surface area (TPSA) is 81.2 Å². The molecule has 0 spiro atoms. The molecule has 0 fully saturated rings. The maximum absolute atomic E-state index is 7.59. The first-order chi connectivity index (χ1) is 8.91. The third-order valence-electron chi connectivity index (χ3n) is 2.50. The van der Waals surface area contributed by atoms with Crippen LogP contribution in [-0.4, -0.2) is 30.6 Å². The number of pyridine rings is 1. The Morgan fingerprint density at radius 1 is 1.37 bits per heavy atom. The lowest BCUT2D eigenvalue weighted by Crippen LogP contribution is -2.18. The normalized spacial score (nSPS) is 10.8. The maximum Gasteiger partial charge on any atom is 0.225 e. The summed E-state index contributed by atoms with van der Waals surface area (Å²) in [5, 5.41) is 7.59. The SMILES string of the molecule is Cc1cc(C)c(C(=N)N)c(OCCOCC(C)C)n1. The minimum Gasteiger partial charge on any atom is -0.475 e. The summed E-state index contributed by atoms with van der Waals surface area (Å²) in [5.74, 6) is 0.897. The number of hydrogen-bond acceptors (Lipinski definition) is 4. The first kappa shape index (κ1) is 15.4. The Bertz CT molecular complexity index is 445. The van der Waals surface area contributed by atoms with E-state index in [4.69, 9.17) is 20.6 Å². The summed E-state index contributed by atoms with van der Waals surface area (Å²) in [5.41, 5.74) is 7.88. The molecule has 19 heavy (non-hydrogen) atoms. The molecule has 0 aliphatic carbocycles. The van der Waals surface area contributed by atoms with Crippen LogP contribution in [0.25, 0.3) is 0 Å². The van der Waals surface area contributed by atoms with Gasteiger partial charge in [-0.05, 0) is 31.4 Å². The number of aryl methyl sites for hydroxylation is 2. The summed E-state index contributed by atoms with van der Waals surface area (Å²) >= 11 is 0. The molecule has 5 heteroatoms. The zero-order chi connectivity index (χ0) is 14.4. The number of amidine groups is 1. The monoisotopic (exact) mass is 265 g/mol. The van der Waals surface area contributed by atoms with E-state index < -0.39 is 0 Å². The molecular formula is C14H23N3O2. The number of hydrogen-bond donors (Lipinski definition) is 2. The molecule has 1 aromatic heterocycles. The van der Waals surface area contributed by atoms with Crippen LogP contribution >= 0.6 is 0 Å². The summed E-state index contributed by atoms with van der Waals surface area (Å²) in [6.07, 6.45) is 0. The first-order valence-corrected chi connectivity index (χ1v) is 6.45. The zero-order valence-electron chi connectivity index (χ0n) is 12.1. The number of nitrogens with zero attached hydrogens (tertiary/aromatic N) is 1. The molecule has 0 atom stereocenters. The van der Waals surface area contributed by atoms with E-state index in [2.05, 4.69) is 18.8 Å². The Morgan fingerprint density at radius 2 is 2.05 bits per heavy atom. The van der Waals surface area contributed by atoms with Gasteiger partial charge >= 0.3 is 0 Å². The molecular weight excluding hydrogens is 242 g/mol. The Morgan fingerprint density at radius 3 is 2.63 bits per heavy atom. The fourth-order valence-electron chi connectivity index (χ4n) is 1.75. The lowest BCUT2D eigenvalue weighted by Gasteiger charge is -2.13. The molecule has 0 radical (unpaired) electrons. The molecule has 0 amide bonds. The van der Waals surface area contributed by atoms with Crippen molar-refractivity contribution in [3.63, 3.8) is 0 Å². The molecule has 0 unspecified atom stereocenters. The predicted molar refractivity (Wildman–Crippen MR) is 75.9 cm³/mol. The third kappa shape index (κ3) is 4.87. The number of nitrogens with two attached hydrogens (primary N) is 1. The minimum absolute atomic E-state index is 0.0249. The third-order valence-corrected chi connectivity index (χ3v) is 2.50. The zero-order valence-corrected chi connectivity index (χ0v) is 12.1. The van der Waals surface area contributed by atoms with Crippen LogP contribution in [0.3, 0.4) is 0 Å². The lowest BCUT2D eigenvalue weighted by molar-refractivity contribution is 0.0805. The standard InChI is InChI=1S/C14H23N3O2/c1-9(2)8-18-5-6-19-14-12(13(15)16)10(3)7-11(4)17-14/h7,9H,5-6,8H2,1-4H3,(H3,15,16). The maximum atomic E-state index is 7.59. The van der Waals surface area contributed by atoms with Crippen molar-refractivity contribution in [1.29, 1.82) is 5.41 Å². The number of nitrogen functional groups attached to an aromatic ring is 1. The van der Waals surface area contributed by atoms with Gasteiger partial charge in [0.2, 0.25) is 5.88 Å². The van der Waals surface area contributed by atoms with Gasteiger partial charge in [-0.1, -0.05) is 13.8 Å². The molecule has 0 aromatic carbocycles. The first-order valence-electron chi connectivity index (χ1n) is 6.45. The highest BCUT2D eigenvalue weighted by atomic mass is 16.5. The summed E-state index contributed by atoms with van der Waals surface area (Å²) < 4.78 is 11.0. The Labute approximate surface area is 114 Å². The van der Waals surface area contributed by atoms with E-state index in [0.29, 0.717) is 37.2 Å². The van der Waals surface area contributed by atoms with Gasteiger partial charge in [-0.2, -0.15) is 0 Å². The smallest absolute Gasteiger partial charge is 0.225 e. The molecule has 0 bridgehead atoms. The number of nitrogens with one attached hydrogen (secondary N) is 1. The quantitative estimate of drug-likeness (QED) is 0.449. The van der Waals surface area contributed by atoms with Crippen LogP contribution < -0.4 is 10.5 Å². The summed E-state index contributed by atoms with van der Waals surface area (Å²) in [6, 6.07) is 1.89. The predicted octanol–water partition coefficient (Wildman–Crippen LogP) is 2.03. The second kappa shape index (κ2) is 7.09. The summed E-state index contributed by atoms with van der Waals surface area (Å²) in [7, 11) is 0. The van der Waals surface area contributed by atoms with E-state index in [9.17, 15) is 0 Å². The average Bonchev–Trinajstić information content (AvgIpc) is 2.26. The van der Waals surface area contributed by atoms with E-state index in [-0.39, 0.29) is 5.84 Å². The van der Waals surface area contributed by atoms with E-state index in [1.54, 1.807) is 0 Å². The average molecular weight is 265 g/mol. The van der Waals surface area contributed by atoms with Crippen molar-refractivity contribution in [3.8, 4) is 5.88 Å². The molecule has 3 N–H and O–H groups in total. The van der Waals surface area contributed by atoms with Crippen LogP contribution in [0.1, 0.15) is 30.7 Å². The highest BCUT2D eigenvalue weighted by Crippen LogP contribution is 2.20. The lowest BCUT2D eigenvalue weighted by atomic mass is 10.1. The van der Waals surface area contributed by atoms with Gasteiger partial charge in [0.25, 0.3) is 0 Å². The largest absolute Gasteiger partial charge is 0.475 e. The van der Waals surface area contributed by atoms with Crippen LogP contribution in [0.5, 0.6) is 5.88 Å². The van der Waals surface area contributed by atoms with Gasteiger partial charge in [-0.15, -0.1) is 0 Å². The number of rotatable bonds is 7. The van der Waals surface area contributed by atoms with Crippen LogP contribution in [0.2, 0.25) is 0 Å². The molecule has 0 saturated carbocycles. The summed E-state index contributed by atoms with van der Waals surface area (Å²) in [4.78, 5) is 4.29. The molecule has 0 aliphatic heterocycles. The van der Waals surface area contributed by atoms with Crippen LogP contribution in [-0.2, 0) is 4.74 Å². The van der Waals surface area contributed by atoms with Crippen molar-refractivity contribution in [2.24, 2.45) is 11.7 Å². The van der Waals surface area contributed by atoms with Gasteiger partial charge in [-0.3, -0.25) is 5.41 Å². The fourth-order valence-corrected chi connectivity index (χ4v) is 1.75. The Hall–Kier alpha value is -1.62. The van der Waals surface area contributed by atoms with Crippen LogP contribution in [0, 0.1) is 25.2 Å². The van der Waals surface area contributed by atoms with Gasteiger partial charge in [-0.25, -0.2) is 4.98 Å². The van der Waals surface area contributed by atoms with Gasteiger partial charge < -0.3 is 15.2 Å². The van der Waals surface area contributed by atoms with E-state index in [0.717, 1.165) is 11.3 Å². The van der Waals surface area contributed by atoms with Gasteiger partial charge in [0.15, 0.2) is 0 Å². The molecule has 106 valence electrons. The van der Waals surface area contributed by atoms with Gasteiger partial charge in [0.1, 0.15) is 12.4 Å². The van der Waals surface area contributed by atoms with Crippen molar-refractivity contribution in [2.75, 3.05) is 19.8 Å². The van der Waals surface area contributed by atoms with Crippen molar-refractivity contribution in [2.45, 2.75) is 27.7 Å². The molecule has 5 nitrogen and oxygen atoms in total. The van der Waals surface area contributed by atoms with Gasteiger partial charge in [0.05, 0.1) is 12.2 Å². The Balaban J connectivity index is 2.64. The van der Waals surface area contributed by atoms with Crippen LogP contribution in [0.15, 0.2) is 6.07 Å². The molecule has 1 heterocycles. The minimum atomic E-state index is -0.0249. The van der Waals surface area contributed by atoms with Crippen molar-refractivity contribution < 1.29 is 9.47 Å². The van der Waals surface area contributed by atoms with Crippen molar-refractivity contribution >= 4 is 5.84 Å². The summed E-state index contributed by atoms with van der Waals surface area (Å²) in [6.45, 7) is 9.60. The molecule has 0 saturated heterocycles. The molecule has 0 aliphatic rings. The van der Waals surface area contributed by atoms with E-state index in [1.807, 2.05) is 19.9 Å². The Kier molecular flexibility index (Phi) is 5.76. The van der Waals surface area contributed by atoms with E-state index >= 15 is 0 Å². The van der Waals surface area contributed by atoms with Crippen molar-refractivity contribution in [3.05, 3.63) is 22.9 Å². The highest BCUT2D eigenvalue weighted by Gasteiger charge is 2.12. The molecule has 1 aromatic rings. The van der Waals surface area contributed by atoms with Crippen molar-refractivity contribution in [1.82, 2.24) is 4.98 Å².